The summed E-state index contributed by atoms with van der Waals surface area (Å²) in [5.74, 6) is 0. The topological polar surface area (TPSA) is 48.1 Å². The van der Waals surface area contributed by atoms with E-state index in [2.05, 4.69) is 4.98 Å². The van der Waals surface area contributed by atoms with Crippen LogP contribution in [0.1, 0.15) is 16.8 Å². The minimum atomic E-state index is 0.590. The van der Waals surface area contributed by atoms with Gasteiger partial charge in [-0.3, -0.25) is 0 Å². The second kappa shape index (κ2) is 5.24. The summed E-state index contributed by atoms with van der Waals surface area (Å²) in [6.45, 7) is 4.11. The third-order valence-electron chi connectivity index (χ3n) is 1.47. The number of aromatic nitrogens is 1. The van der Waals surface area contributed by atoms with Gasteiger partial charge in [-0.05, 0) is 6.92 Å². The predicted molar refractivity (Wildman–Crippen MR) is 50.2 cm³/mol. The van der Waals surface area contributed by atoms with Crippen LogP contribution in [0.5, 0.6) is 0 Å². The molecule has 0 fully saturated rings. The molecular weight excluding hydrogens is 172 g/mol. The van der Waals surface area contributed by atoms with E-state index in [-0.39, 0.29) is 0 Å². The summed E-state index contributed by atoms with van der Waals surface area (Å²) in [5, 5.41) is 1.11. The van der Waals surface area contributed by atoms with Gasteiger partial charge in [-0.2, -0.15) is 0 Å². The molecule has 0 spiro atoms. The van der Waals surface area contributed by atoms with Crippen molar-refractivity contribution < 1.29 is 4.74 Å². The molecule has 0 atom stereocenters. The molecule has 1 rings (SSSR count). The van der Waals surface area contributed by atoms with Crippen LogP contribution in [-0.2, 0) is 17.7 Å². The van der Waals surface area contributed by atoms with Crippen molar-refractivity contribution in [1.29, 1.82) is 0 Å². The maximum atomic E-state index is 5.46. The van der Waals surface area contributed by atoms with Gasteiger partial charge in [0.1, 0.15) is 0 Å². The Hall–Kier alpha value is -0.450. The summed E-state index contributed by atoms with van der Waals surface area (Å²) in [5.41, 5.74) is 5.46. The fraction of sp³-hybridized carbons (Fsp3) is 0.625. The van der Waals surface area contributed by atoms with E-state index in [9.17, 15) is 0 Å². The van der Waals surface area contributed by atoms with Crippen LogP contribution in [0.3, 0.4) is 0 Å². The lowest BCUT2D eigenvalue weighted by Crippen LogP contribution is -1.96. The van der Waals surface area contributed by atoms with Crippen molar-refractivity contribution in [3.63, 3.8) is 0 Å². The minimum Gasteiger partial charge on any atom is -0.381 e. The Bertz CT molecular complexity index is 225. The van der Waals surface area contributed by atoms with E-state index < -0.39 is 0 Å². The van der Waals surface area contributed by atoms with Crippen molar-refractivity contribution in [3.05, 3.63) is 16.1 Å². The first kappa shape index (κ1) is 9.64. The molecule has 0 saturated heterocycles. The Labute approximate surface area is 76.6 Å². The quantitative estimate of drug-likeness (QED) is 0.702. The van der Waals surface area contributed by atoms with Gasteiger partial charge in [-0.1, -0.05) is 0 Å². The minimum absolute atomic E-state index is 0.590. The van der Waals surface area contributed by atoms with Gasteiger partial charge in [0.15, 0.2) is 0 Å². The van der Waals surface area contributed by atoms with Crippen molar-refractivity contribution in [3.8, 4) is 0 Å². The highest BCUT2D eigenvalue weighted by Crippen LogP contribution is 2.12. The number of thiazole rings is 1. The van der Waals surface area contributed by atoms with Crippen LogP contribution in [0.4, 0.5) is 0 Å². The first-order chi connectivity index (χ1) is 5.86. The smallest absolute Gasteiger partial charge is 0.0951 e. The molecule has 0 aliphatic rings. The van der Waals surface area contributed by atoms with Gasteiger partial charge in [-0.25, -0.2) is 4.98 Å². The van der Waals surface area contributed by atoms with Gasteiger partial charge >= 0.3 is 0 Å². The van der Waals surface area contributed by atoms with E-state index in [1.807, 2.05) is 13.1 Å². The molecule has 12 heavy (non-hydrogen) atoms. The van der Waals surface area contributed by atoms with E-state index in [0.717, 1.165) is 29.5 Å². The fourth-order valence-corrected chi connectivity index (χ4v) is 1.64. The number of hydrogen-bond donors (Lipinski definition) is 1. The monoisotopic (exact) mass is 186 g/mol. The fourth-order valence-electron chi connectivity index (χ4n) is 0.862. The second-order valence-electron chi connectivity index (χ2n) is 2.37. The summed E-state index contributed by atoms with van der Waals surface area (Å²) >= 11 is 1.67. The molecule has 0 unspecified atom stereocenters. The maximum Gasteiger partial charge on any atom is 0.0951 e. The lowest BCUT2D eigenvalue weighted by Gasteiger charge is -1.96. The molecule has 0 saturated carbocycles. The number of nitrogens with zero attached hydrogens (tertiary/aromatic N) is 1. The van der Waals surface area contributed by atoms with Crippen molar-refractivity contribution in [2.45, 2.75) is 19.9 Å². The molecule has 0 aromatic carbocycles. The Morgan fingerprint density at radius 1 is 1.67 bits per heavy atom. The summed E-state index contributed by atoms with van der Waals surface area (Å²) in [6, 6.07) is 0. The molecule has 0 amide bonds. The third-order valence-corrected chi connectivity index (χ3v) is 2.55. The molecule has 1 aromatic rings. The van der Waals surface area contributed by atoms with Crippen molar-refractivity contribution in [2.75, 3.05) is 13.2 Å². The molecular formula is C8H14N2OS. The molecule has 0 radical (unpaired) electrons. The van der Waals surface area contributed by atoms with E-state index in [1.165, 1.54) is 0 Å². The molecule has 1 heterocycles. The van der Waals surface area contributed by atoms with Crippen LogP contribution >= 0.6 is 11.3 Å². The Morgan fingerprint density at radius 2 is 2.50 bits per heavy atom. The first-order valence-corrected chi connectivity index (χ1v) is 4.90. The van der Waals surface area contributed by atoms with Gasteiger partial charge in [0.25, 0.3) is 0 Å². The summed E-state index contributed by atoms with van der Waals surface area (Å²) in [6.07, 6.45) is 2.74. The molecule has 0 bridgehead atoms. The normalized spacial score (nSPS) is 10.5. The van der Waals surface area contributed by atoms with E-state index in [0.29, 0.717) is 6.54 Å². The highest BCUT2D eigenvalue weighted by molar-refractivity contribution is 7.11. The average molecular weight is 186 g/mol. The highest BCUT2D eigenvalue weighted by atomic mass is 32.1. The van der Waals surface area contributed by atoms with Crippen LogP contribution in [0.15, 0.2) is 6.20 Å². The van der Waals surface area contributed by atoms with Crippen LogP contribution in [0, 0.1) is 0 Å². The van der Waals surface area contributed by atoms with Crippen molar-refractivity contribution in [1.82, 2.24) is 4.98 Å². The zero-order chi connectivity index (χ0) is 8.81. The Morgan fingerprint density at radius 3 is 3.08 bits per heavy atom. The Balaban J connectivity index is 2.31. The molecule has 68 valence electrons. The lowest BCUT2D eigenvalue weighted by molar-refractivity contribution is 0.151. The van der Waals surface area contributed by atoms with Crippen molar-refractivity contribution >= 4 is 11.3 Å². The molecule has 0 aliphatic heterocycles. The molecule has 2 N–H and O–H groups in total. The molecule has 4 heteroatoms. The van der Waals surface area contributed by atoms with E-state index >= 15 is 0 Å². The summed E-state index contributed by atoms with van der Waals surface area (Å²) in [7, 11) is 0. The number of ether oxygens (including phenoxy) is 1. The number of nitrogens with two attached hydrogens (primary N) is 1. The lowest BCUT2D eigenvalue weighted by atomic mass is 10.5. The van der Waals surface area contributed by atoms with Crippen LogP contribution in [-0.4, -0.2) is 18.2 Å². The van der Waals surface area contributed by atoms with Gasteiger partial charge in [0.05, 0.1) is 11.6 Å². The van der Waals surface area contributed by atoms with Crippen LogP contribution < -0.4 is 5.73 Å². The van der Waals surface area contributed by atoms with Gasteiger partial charge in [0.2, 0.25) is 0 Å². The average Bonchev–Trinajstić information content (AvgIpc) is 2.53. The van der Waals surface area contributed by atoms with Crippen LogP contribution in [0.25, 0.3) is 0 Å². The van der Waals surface area contributed by atoms with E-state index in [1.54, 1.807) is 11.3 Å². The molecule has 1 aromatic heterocycles. The summed E-state index contributed by atoms with van der Waals surface area (Å²) < 4.78 is 5.22. The van der Waals surface area contributed by atoms with Crippen LogP contribution in [0.2, 0.25) is 0 Å². The zero-order valence-electron chi connectivity index (χ0n) is 7.25. The predicted octanol–water partition coefficient (Wildman–Crippen LogP) is 1.18. The Kier molecular flexibility index (Phi) is 4.21. The number of rotatable bonds is 5. The SMILES string of the molecule is CCOCCc1ncc(CN)s1. The van der Waals surface area contributed by atoms with E-state index in [4.69, 9.17) is 10.5 Å². The third kappa shape index (κ3) is 2.89. The van der Waals surface area contributed by atoms with Gasteiger partial charge in [0, 0.05) is 30.6 Å². The first-order valence-electron chi connectivity index (χ1n) is 4.08. The van der Waals surface area contributed by atoms with Crippen molar-refractivity contribution in [2.24, 2.45) is 5.73 Å². The maximum absolute atomic E-state index is 5.46. The highest BCUT2D eigenvalue weighted by Gasteiger charge is 1.99. The summed E-state index contributed by atoms with van der Waals surface area (Å²) in [4.78, 5) is 5.36. The second-order valence-corrected chi connectivity index (χ2v) is 3.57. The number of hydrogen-bond acceptors (Lipinski definition) is 4. The molecule has 3 nitrogen and oxygen atoms in total. The van der Waals surface area contributed by atoms with Gasteiger partial charge in [-0.15, -0.1) is 11.3 Å². The molecule has 0 aliphatic carbocycles. The van der Waals surface area contributed by atoms with Gasteiger partial charge < -0.3 is 10.5 Å². The standard InChI is InChI=1S/C8H14N2OS/c1-2-11-4-3-8-10-6-7(5-9)12-8/h6H,2-5,9H2,1H3. The zero-order valence-corrected chi connectivity index (χ0v) is 8.06. The largest absolute Gasteiger partial charge is 0.381 e.